The number of hydrogen-bond donors (Lipinski definition) is 4. The number of phenolic OH excluding ortho intramolecular Hbond substituents is 1. The van der Waals surface area contributed by atoms with Gasteiger partial charge in [-0.1, -0.05) is 33.1 Å². The summed E-state index contributed by atoms with van der Waals surface area (Å²) in [5, 5.41) is 18.8. The number of phosphoric acid groups is 1. The van der Waals surface area contributed by atoms with Crippen LogP contribution in [0.3, 0.4) is 0 Å². The number of nitro benzene ring substituents is 1. The molecule has 0 aromatic heterocycles. The normalized spacial score (nSPS) is 9.65. The number of hydrogen-bond acceptors (Lipinski definition) is 4. The molecule has 0 aliphatic carbocycles. The molecule has 0 atom stereocenters. The average Bonchev–Trinajstić information content (AvgIpc) is 2.29. The largest absolute Gasteiger partial charge is 0.508 e. The molecule has 9 heteroatoms. The number of benzene rings is 1. The van der Waals surface area contributed by atoms with Gasteiger partial charge in [-0.15, -0.1) is 0 Å². The molecular weight excluding hydrogens is 289 g/mol. The molecule has 4 N–H and O–H groups in total. The summed E-state index contributed by atoms with van der Waals surface area (Å²) in [5.41, 5.74) is -0.0159. The van der Waals surface area contributed by atoms with Crippen molar-refractivity contribution in [2.45, 2.75) is 33.1 Å². The molecule has 116 valence electrons. The first-order valence-corrected chi connectivity index (χ1v) is 7.40. The second-order valence-corrected chi connectivity index (χ2v) is 4.67. The van der Waals surface area contributed by atoms with E-state index in [1.807, 2.05) is 0 Å². The van der Waals surface area contributed by atoms with Gasteiger partial charge in [-0.05, 0) is 12.1 Å². The zero-order valence-electron chi connectivity index (χ0n) is 11.3. The van der Waals surface area contributed by atoms with E-state index < -0.39 is 12.7 Å². The van der Waals surface area contributed by atoms with Crippen LogP contribution in [-0.4, -0.2) is 24.7 Å². The van der Waals surface area contributed by atoms with Crippen molar-refractivity contribution in [2.75, 3.05) is 0 Å². The van der Waals surface area contributed by atoms with Crippen molar-refractivity contribution in [1.82, 2.24) is 0 Å². The first-order valence-electron chi connectivity index (χ1n) is 5.83. The molecule has 0 radical (unpaired) electrons. The maximum Gasteiger partial charge on any atom is 0.466 e. The molecule has 0 heterocycles. The number of rotatable bonds is 3. The van der Waals surface area contributed by atoms with Gasteiger partial charge in [0.2, 0.25) is 0 Å². The Labute approximate surface area is 117 Å². The maximum atomic E-state index is 10.0. The predicted molar refractivity (Wildman–Crippen MR) is 74.2 cm³/mol. The fraction of sp³-hybridized carbons (Fsp3) is 0.455. The Morgan fingerprint density at radius 1 is 1.10 bits per heavy atom. The summed E-state index contributed by atoms with van der Waals surface area (Å²) in [6.45, 7) is 4.42. The predicted octanol–water partition coefficient (Wildman–Crippen LogP) is 2.57. The molecule has 20 heavy (non-hydrogen) atoms. The van der Waals surface area contributed by atoms with E-state index in [9.17, 15) is 10.1 Å². The lowest BCUT2D eigenvalue weighted by atomic mass is 10.3. The quantitative estimate of drug-likeness (QED) is 0.382. The maximum absolute atomic E-state index is 10.0. The highest BCUT2D eigenvalue weighted by Gasteiger charge is 2.01. The molecule has 8 nitrogen and oxygen atoms in total. The zero-order valence-corrected chi connectivity index (χ0v) is 12.2. The Morgan fingerprint density at radius 2 is 1.45 bits per heavy atom. The minimum atomic E-state index is -4.64. The SMILES string of the molecule is CCCCC.O=P(O)(O)O.O=[N+]([O-])c1ccc(O)cc1. The van der Waals surface area contributed by atoms with Gasteiger partial charge in [-0.25, -0.2) is 4.57 Å². The highest BCUT2D eigenvalue weighted by molar-refractivity contribution is 7.45. The standard InChI is InChI=1S/C6H5NO3.C5H12.H3O4P/c8-6-3-1-5(2-4-6)7(9)10;1-3-5-4-2;1-5(2,3)4/h1-4,8H;3-5H2,1-2H3;(H3,1,2,3,4). The summed E-state index contributed by atoms with van der Waals surface area (Å²) in [4.78, 5) is 31.1. The molecule has 0 aliphatic rings. The van der Waals surface area contributed by atoms with Crippen LogP contribution in [0.2, 0.25) is 0 Å². The second-order valence-electron chi connectivity index (χ2n) is 3.64. The third-order valence-corrected chi connectivity index (χ3v) is 1.77. The van der Waals surface area contributed by atoms with E-state index >= 15 is 0 Å². The fourth-order valence-corrected chi connectivity index (χ4v) is 0.928. The number of nitro groups is 1. The summed E-state index contributed by atoms with van der Waals surface area (Å²) in [7, 11) is -4.64. The van der Waals surface area contributed by atoms with E-state index in [1.54, 1.807) is 0 Å². The van der Waals surface area contributed by atoms with E-state index in [2.05, 4.69) is 13.8 Å². The molecule has 0 aliphatic heterocycles. The number of aromatic hydroxyl groups is 1. The average molecular weight is 309 g/mol. The van der Waals surface area contributed by atoms with Crippen molar-refractivity contribution in [3.8, 4) is 5.75 Å². The molecule has 1 rings (SSSR count). The van der Waals surface area contributed by atoms with E-state index in [4.69, 9.17) is 24.4 Å². The molecule has 0 amide bonds. The molecule has 0 bridgehead atoms. The van der Waals surface area contributed by atoms with Gasteiger partial charge in [0, 0.05) is 12.1 Å². The van der Waals surface area contributed by atoms with E-state index in [0.29, 0.717) is 0 Å². The molecule has 0 spiro atoms. The monoisotopic (exact) mass is 309 g/mol. The van der Waals surface area contributed by atoms with Crippen LogP contribution in [0, 0.1) is 10.1 Å². The number of phenols is 1. The van der Waals surface area contributed by atoms with Crippen LogP contribution in [0.5, 0.6) is 5.75 Å². The summed E-state index contributed by atoms with van der Waals surface area (Å²) in [5.74, 6) is 0.0330. The Kier molecular flexibility index (Phi) is 11.8. The van der Waals surface area contributed by atoms with Gasteiger partial charge in [-0.2, -0.15) is 0 Å². The van der Waals surface area contributed by atoms with Crippen LogP contribution in [-0.2, 0) is 4.57 Å². The highest BCUT2D eigenvalue weighted by Crippen LogP contribution is 2.25. The molecule has 1 aromatic rings. The fourth-order valence-electron chi connectivity index (χ4n) is 0.928. The van der Waals surface area contributed by atoms with Crippen LogP contribution in [0.15, 0.2) is 24.3 Å². The van der Waals surface area contributed by atoms with E-state index in [1.165, 1.54) is 43.5 Å². The van der Waals surface area contributed by atoms with Crippen molar-refractivity contribution in [3.05, 3.63) is 34.4 Å². The van der Waals surface area contributed by atoms with Gasteiger partial charge in [0.05, 0.1) is 4.92 Å². The lowest BCUT2D eigenvalue weighted by Crippen LogP contribution is -1.85. The van der Waals surface area contributed by atoms with Crippen molar-refractivity contribution >= 4 is 13.5 Å². The van der Waals surface area contributed by atoms with Gasteiger partial charge in [0.1, 0.15) is 5.75 Å². The third-order valence-electron chi connectivity index (χ3n) is 1.77. The molecule has 0 saturated heterocycles. The van der Waals surface area contributed by atoms with Crippen molar-refractivity contribution in [3.63, 3.8) is 0 Å². The molecule has 0 saturated carbocycles. The molecule has 0 unspecified atom stereocenters. The van der Waals surface area contributed by atoms with Crippen molar-refractivity contribution in [2.24, 2.45) is 0 Å². The summed E-state index contributed by atoms with van der Waals surface area (Å²) in [6, 6.07) is 5.04. The van der Waals surface area contributed by atoms with Crippen LogP contribution in [0.25, 0.3) is 0 Å². The van der Waals surface area contributed by atoms with Gasteiger partial charge >= 0.3 is 7.82 Å². The number of unbranched alkanes of at least 4 members (excludes halogenated alkanes) is 2. The molecule has 1 aromatic carbocycles. The number of nitrogens with zero attached hydrogens (tertiary/aromatic N) is 1. The lowest BCUT2D eigenvalue weighted by Gasteiger charge is -1.89. The first-order chi connectivity index (χ1) is 9.11. The Balaban J connectivity index is 0. The first kappa shape index (κ1) is 20.8. The van der Waals surface area contributed by atoms with Crippen LogP contribution < -0.4 is 0 Å². The third kappa shape index (κ3) is 18.9. The van der Waals surface area contributed by atoms with Crippen LogP contribution in [0.4, 0.5) is 5.69 Å². The van der Waals surface area contributed by atoms with Crippen molar-refractivity contribution < 1.29 is 29.3 Å². The Morgan fingerprint density at radius 3 is 1.65 bits per heavy atom. The Bertz CT molecular complexity index is 405. The topological polar surface area (TPSA) is 141 Å². The smallest absolute Gasteiger partial charge is 0.466 e. The van der Waals surface area contributed by atoms with E-state index in [0.717, 1.165) is 0 Å². The van der Waals surface area contributed by atoms with Gasteiger partial charge < -0.3 is 19.8 Å². The molecular formula is C11H20NO7P. The van der Waals surface area contributed by atoms with E-state index in [-0.39, 0.29) is 11.4 Å². The lowest BCUT2D eigenvalue weighted by molar-refractivity contribution is -0.384. The van der Waals surface area contributed by atoms with Crippen LogP contribution >= 0.6 is 7.82 Å². The van der Waals surface area contributed by atoms with Gasteiger partial charge in [0.25, 0.3) is 5.69 Å². The van der Waals surface area contributed by atoms with Gasteiger partial charge in [0.15, 0.2) is 0 Å². The summed E-state index contributed by atoms with van der Waals surface area (Å²) in [6.07, 6.45) is 4.08. The summed E-state index contributed by atoms with van der Waals surface area (Å²) >= 11 is 0. The van der Waals surface area contributed by atoms with Gasteiger partial charge in [-0.3, -0.25) is 10.1 Å². The minimum absolute atomic E-state index is 0.0159. The second kappa shape index (κ2) is 11.4. The van der Waals surface area contributed by atoms with Crippen LogP contribution in [0.1, 0.15) is 33.1 Å². The summed E-state index contributed by atoms with van der Waals surface area (Å²) < 4.78 is 8.88. The highest BCUT2D eigenvalue weighted by atomic mass is 31.2. The zero-order chi connectivity index (χ0) is 16.2. The van der Waals surface area contributed by atoms with Crippen molar-refractivity contribution in [1.29, 1.82) is 0 Å². The molecule has 0 fully saturated rings. The number of non-ortho nitro benzene ring substituents is 1. The minimum Gasteiger partial charge on any atom is -0.508 e. The Hall–Kier alpha value is -1.47.